The first-order valence-corrected chi connectivity index (χ1v) is 14.1. The van der Waals surface area contributed by atoms with E-state index in [2.05, 4.69) is 74.6 Å². The highest BCUT2D eigenvalue weighted by atomic mass is 16.5. The first-order valence-electron chi connectivity index (χ1n) is 14.1. The van der Waals surface area contributed by atoms with E-state index in [0.29, 0.717) is 11.7 Å². The van der Waals surface area contributed by atoms with Crippen molar-refractivity contribution < 1.29 is 9.53 Å². The van der Waals surface area contributed by atoms with E-state index in [1.807, 2.05) is 12.1 Å². The van der Waals surface area contributed by atoms with Crippen molar-refractivity contribution in [3.8, 4) is 5.75 Å². The lowest BCUT2D eigenvalue weighted by Gasteiger charge is -2.19. The second kappa shape index (κ2) is 9.65. The Balaban J connectivity index is 1.44. The number of allylic oxidation sites excluding steroid dienone is 1. The first-order chi connectivity index (χ1) is 18.3. The molecule has 6 rings (SSSR count). The molecule has 4 nitrogen and oxygen atoms in total. The SMILES string of the molecule is CC1CCC(Oc2ccc(C3=C(c4ccc5c(c4)CC(C)(C)N5)CCCc4cc(C(N)=O)ccc43)cc2)C1. The molecular weight excluding hydrogens is 468 g/mol. The lowest BCUT2D eigenvalue weighted by atomic mass is 9.86. The van der Waals surface area contributed by atoms with Gasteiger partial charge in [0.05, 0.1) is 6.10 Å². The average molecular weight is 507 g/mol. The summed E-state index contributed by atoms with van der Waals surface area (Å²) in [6, 6.07) is 21.5. The van der Waals surface area contributed by atoms with E-state index >= 15 is 0 Å². The maximum atomic E-state index is 12.0. The summed E-state index contributed by atoms with van der Waals surface area (Å²) in [5.74, 6) is 1.31. The quantitative estimate of drug-likeness (QED) is 0.379. The van der Waals surface area contributed by atoms with Gasteiger partial charge in [0.2, 0.25) is 5.91 Å². The Hall–Kier alpha value is -3.53. The number of carbonyl (C=O) groups is 1. The Morgan fingerprint density at radius 3 is 2.47 bits per heavy atom. The minimum absolute atomic E-state index is 0.0757. The van der Waals surface area contributed by atoms with E-state index < -0.39 is 0 Å². The molecule has 0 bridgehead atoms. The molecule has 3 aromatic rings. The minimum Gasteiger partial charge on any atom is -0.490 e. The first kappa shape index (κ1) is 24.8. The topological polar surface area (TPSA) is 64.3 Å². The minimum atomic E-state index is -0.376. The highest BCUT2D eigenvalue weighted by Gasteiger charge is 2.29. The van der Waals surface area contributed by atoms with Crippen LogP contribution in [0.15, 0.2) is 60.7 Å². The molecule has 196 valence electrons. The monoisotopic (exact) mass is 506 g/mol. The van der Waals surface area contributed by atoms with E-state index in [0.717, 1.165) is 50.2 Å². The van der Waals surface area contributed by atoms with Crippen molar-refractivity contribution >= 4 is 22.7 Å². The summed E-state index contributed by atoms with van der Waals surface area (Å²) in [6.45, 7) is 6.82. The van der Waals surface area contributed by atoms with E-state index in [1.165, 1.54) is 51.1 Å². The summed E-state index contributed by atoms with van der Waals surface area (Å²) in [5, 5.41) is 3.66. The molecule has 1 saturated carbocycles. The predicted molar refractivity (Wildman–Crippen MR) is 156 cm³/mol. The highest BCUT2D eigenvalue weighted by Crippen LogP contribution is 2.42. The summed E-state index contributed by atoms with van der Waals surface area (Å²) >= 11 is 0. The fraction of sp³-hybridized carbons (Fsp3) is 0.382. The van der Waals surface area contributed by atoms with Crippen molar-refractivity contribution in [2.45, 2.75) is 77.4 Å². The number of fused-ring (bicyclic) bond motifs is 2. The Labute approximate surface area is 226 Å². The number of hydrogen-bond acceptors (Lipinski definition) is 3. The third-order valence-electron chi connectivity index (χ3n) is 8.49. The number of carbonyl (C=O) groups excluding carboxylic acids is 1. The van der Waals surface area contributed by atoms with Crippen LogP contribution in [-0.4, -0.2) is 17.6 Å². The molecule has 3 N–H and O–H groups in total. The summed E-state index contributed by atoms with van der Waals surface area (Å²) < 4.78 is 6.33. The third-order valence-corrected chi connectivity index (χ3v) is 8.49. The zero-order valence-electron chi connectivity index (χ0n) is 22.8. The number of primary amides is 1. The normalized spacial score (nSPS) is 21.9. The van der Waals surface area contributed by atoms with E-state index in [1.54, 1.807) is 0 Å². The molecule has 0 aromatic heterocycles. The Bertz CT molecular complexity index is 1420. The molecule has 3 aliphatic rings. The zero-order chi connectivity index (χ0) is 26.4. The van der Waals surface area contributed by atoms with Crippen LogP contribution in [0.4, 0.5) is 5.69 Å². The maximum Gasteiger partial charge on any atom is 0.248 e. The third kappa shape index (κ3) is 4.84. The van der Waals surface area contributed by atoms with Crippen LogP contribution in [0, 0.1) is 5.92 Å². The number of amides is 1. The number of rotatable bonds is 5. The second-order valence-corrected chi connectivity index (χ2v) is 12.2. The highest BCUT2D eigenvalue weighted by molar-refractivity contribution is 6.01. The molecule has 0 spiro atoms. The fourth-order valence-electron chi connectivity index (χ4n) is 6.65. The van der Waals surface area contributed by atoms with Crippen molar-refractivity contribution in [3.63, 3.8) is 0 Å². The van der Waals surface area contributed by atoms with Gasteiger partial charge in [0.15, 0.2) is 0 Å². The van der Waals surface area contributed by atoms with Crippen LogP contribution < -0.4 is 15.8 Å². The van der Waals surface area contributed by atoms with Gasteiger partial charge in [0.1, 0.15) is 5.75 Å². The maximum absolute atomic E-state index is 12.0. The lowest BCUT2D eigenvalue weighted by Crippen LogP contribution is -2.26. The van der Waals surface area contributed by atoms with Crippen LogP contribution in [0.1, 0.15) is 91.1 Å². The zero-order valence-corrected chi connectivity index (χ0v) is 22.8. The number of ether oxygens (including phenoxy) is 1. The van der Waals surface area contributed by atoms with Crippen molar-refractivity contribution in [2.24, 2.45) is 11.7 Å². The second-order valence-electron chi connectivity index (χ2n) is 12.2. The van der Waals surface area contributed by atoms with Gasteiger partial charge in [-0.25, -0.2) is 0 Å². The van der Waals surface area contributed by atoms with Crippen molar-refractivity contribution in [3.05, 3.63) is 94.0 Å². The van der Waals surface area contributed by atoms with Gasteiger partial charge in [0, 0.05) is 16.8 Å². The van der Waals surface area contributed by atoms with Crippen LogP contribution in [-0.2, 0) is 12.8 Å². The molecule has 4 heteroatoms. The van der Waals surface area contributed by atoms with Gasteiger partial charge < -0.3 is 15.8 Å². The van der Waals surface area contributed by atoms with Crippen molar-refractivity contribution in [1.82, 2.24) is 0 Å². The molecule has 0 saturated heterocycles. The molecule has 2 unspecified atom stereocenters. The fourth-order valence-corrected chi connectivity index (χ4v) is 6.65. The van der Waals surface area contributed by atoms with Gasteiger partial charge in [-0.2, -0.15) is 0 Å². The van der Waals surface area contributed by atoms with Crippen LogP contribution in [0.3, 0.4) is 0 Å². The van der Waals surface area contributed by atoms with Gasteiger partial charge in [-0.3, -0.25) is 4.79 Å². The standard InChI is InChI=1S/C34H38N2O2/c1-21-7-12-28(17-21)38-27-13-8-22(9-14-27)32-29(24-11-16-31-26(19-24)20-34(2,3)36-31)6-4-5-23-18-25(33(35)37)10-15-30(23)32/h8-11,13-16,18-19,21,28,36H,4-7,12,17,20H2,1-3H3,(H2,35,37). The van der Waals surface area contributed by atoms with Crippen LogP contribution in [0.2, 0.25) is 0 Å². The molecule has 1 amide bonds. The van der Waals surface area contributed by atoms with Gasteiger partial charge in [0.25, 0.3) is 0 Å². The van der Waals surface area contributed by atoms with E-state index in [-0.39, 0.29) is 11.4 Å². The summed E-state index contributed by atoms with van der Waals surface area (Å²) in [7, 11) is 0. The van der Waals surface area contributed by atoms with Gasteiger partial charge in [-0.1, -0.05) is 31.2 Å². The molecular formula is C34H38N2O2. The van der Waals surface area contributed by atoms with Gasteiger partial charge in [-0.05, 0) is 140 Å². The van der Waals surface area contributed by atoms with Gasteiger partial charge >= 0.3 is 0 Å². The molecule has 1 aliphatic heterocycles. The van der Waals surface area contributed by atoms with Crippen LogP contribution in [0.5, 0.6) is 5.75 Å². The number of benzene rings is 3. The molecule has 1 fully saturated rings. The number of nitrogens with one attached hydrogen (secondary N) is 1. The Morgan fingerprint density at radius 2 is 1.74 bits per heavy atom. The number of nitrogens with two attached hydrogens (primary N) is 1. The summed E-state index contributed by atoms with van der Waals surface area (Å²) in [5.41, 5.74) is 16.4. The summed E-state index contributed by atoms with van der Waals surface area (Å²) in [4.78, 5) is 12.0. The number of hydrogen-bond donors (Lipinski definition) is 2. The van der Waals surface area contributed by atoms with E-state index in [9.17, 15) is 4.79 Å². The molecule has 3 aromatic carbocycles. The van der Waals surface area contributed by atoms with Crippen LogP contribution >= 0.6 is 0 Å². The van der Waals surface area contributed by atoms with Gasteiger partial charge in [-0.15, -0.1) is 0 Å². The molecule has 1 heterocycles. The molecule has 0 radical (unpaired) electrons. The smallest absolute Gasteiger partial charge is 0.248 e. The Kier molecular flexibility index (Phi) is 6.29. The van der Waals surface area contributed by atoms with Crippen molar-refractivity contribution in [2.75, 3.05) is 5.32 Å². The molecule has 2 aliphatic carbocycles. The lowest BCUT2D eigenvalue weighted by molar-refractivity contribution is 0.1000. The predicted octanol–water partition coefficient (Wildman–Crippen LogP) is 7.39. The summed E-state index contributed by atoms with van der Waals surface area (Å²) in [6.07, 6.45) is 7.78. The van der Waals surface area contributed by atoms with Crippen molar-refractivity contribution in [1.29, 1.82) is 0 Å². The van der Waals surface area contributed by atoms with E-state index in [4.69, 9.17) is 10.5 Å². The molecule has 2 atom stereocenters. The average Bonchev–Trinajstić information content (AvgIpc) is 3.37. The number of anilines is 1. The number of aryl methyl sites for hydroxylation is 1. The molecule has 38 heavy (non-hydrogen) atoms. The van der Waals surface area contributed by atoms with Crippen LogP contribution in [0.25, 0.3) is 11.1 Å². The largest absolute Gasteiger partial charge is 0.490 e. The Morgan fingerprint density at radius 1 is 0.947 bits per heavy atom.